The van der Waals surface area contributed by atoms with Gasteiger partial charge in [-0.3, -0.25) is 4.79 Å². The number of aryl methyl sites for hydroxylation is 1. The molecule has 1 aromatic heterocycles. The van der Waals surface area contributed by atoms with Crippen LogP contribution in [-0.4, -0.2) is 35.4 Å². The second kappa shape index (κ2) is 7.35. The van der Waals surface area contributed by atoms with Crippen molar-refractivity contribution in [2.45, 2.75) is 25.8 Å². The zero-order valence-electron chi connectivity index (χ0n) is 13.3. The summed E-state index contributed by atoms with van der Waals surface area (Å²) >= 11 is 0. The Morgan fingerprint density at radius 3 is 2.71 bits per heavy atom. The minimum atomic E-state index is -0.298. The standard InChI is InChI=1S/C17H18FN3O3/c1-11-10-13(2-3-14(11)18)24-16-5-4-15(20-21-16)17(22)19-12-6-8-23-9-7-12/h2-5,10,12H,6-9H2,1H3,(H,19,22). The Bertz CT molecular complexity index is 716. The minimum Gasteiger partial charge on any atom is -0.438 e. The fraction of sp³-hybridized carbons (Fsp3) is 0.353. The molecule has 0 aliphatic carbocycles. The number of hydrogen-bond acceptors (Lipinski definition) is 5. The van der Waals surface area contributed by atoms with E-state index in [1.807, 2.05) is 0 Å². The van der Waals surface area contributed by atoms with E-state index in [-0.39, 0.29) is 29.3 Å². The molecule has 0 unspecified atom stereocenters. The van der Waals surface area contributed by atoms with E-state index in [1.54, 1.807) is 25.1 Å². The summed E-state index contributed by atoms with van der Waals surface area (Å²) in [6, 6.07) is 7.62. The summed E-state index contributed by atoms with van der Waals surface area (Å²) in [5.41, 5.74) is 0.706. The second-order valence-electron chi connectivity index (χ2n) is 5.63. The first-order valence-corrected chi connectivity index (χ1v) is 7.78. The smallest absolute Gasteiger partial charge is 0.272 e. The minimum absolute atomic E-state index is 0.103. The molecule has 2 heterocycles. The molecule has 3 rings (SSSR count). The summed E-state index contributed by atoms with van der Waals surface area (Å²) in [7, 11) is 0. The van der Waals surface area contributed by atoms with Gasteiger partial charge in [-0.2, -0.15) is 0 Å². The van der Waals surface area contributed by atoms with E-state index in [4.69, 9.17) is 9.47 Å². The van der Waals surface area contributed by atoms with E-state index < -0.39 is 0 Å². The van der Waals surface area contributed by atoms with Crippen molar-refractivity contribution in [1.82, 2.24) is 15.5 Å². The van der Waals surface area contributed by atoms with Crippen molar-refractivity contribution in [2.24, 2.45) is 0 Å². The Morgan fingerprint density at radius 1 is 1.25 bits per heavy atom. The predicted molar refractivity (Wildman–Crippen MR) is 84.6 cm³/mol. The zero-order valence-corrected chi connectivity index (χ0v) is 13.3. The highest BCUT2D eigenvalue weighted by atomic mass is 19.1. The van der Waals surface area contributed by atoms with Gasteiger partial charge >= 0.3 is 0 Å². The Kier molecular flexibility index (Phi) is 5.00. The van der Waals surface area contributed by atoms with Crippen molar-refractivity contribution >= 4 is 5.91 Å². The Hall–Kier alpha value is -2.54. The highest BCUT2D eigenvalue weighted by Gasteiger charge is 2.18. The molecule has 6 nitrogen and oxygen atoms in total. The summed E-state index contributed by atoms with van der Waals surface area (Å²) in [5.74, 6) is 0.137. The second-order valence-corrected chi connectivity index (χ2v) is 5.63. The fourth-order valence-corrected chi connectivity index (χ4v) is 2.40. The van der Waals surface area contributed by atoms with Gasteiger partial charge in [0.2, 0.25) is 5.88 Å². The van der Waals surface area contributed by atoms with Crippen LogP contribution >= 0.6 is 0 Å². The first kappa shape index (κ1) is 16.3. The zero-order chi connectivity index (χ0) is 16.9. The highest BCUT2D eigenvalue weighted by molar-refractivity contribution is 5.92. The molecule has 7 heteroatoms. The maximum absolute atomic E-state index is 13.2. The number of ether oxygens (including phenoxy) is 2. The van der Waals surface area contributed by atoms with Gasteiger partial charge in [0.1, 0.15) is 11.6 Å². The van der Waals surface area contributed by atoms with Crippen LogP contribution in [-0.2, 0) is 4.74 Å². The van der Waals surface area contributed by atoms with Crippen molar-refractivity contribution in [3.05, 3.63) is 47.4 Å². The lowest BCUT2D eigenvalue weighted by Gasteiger charge is -2.22. The van der Waals surface area contributed by atoms with Crippen LogP contribution in [0.4, 0.5) is 4.39 Å². The number of rotatable bonds is 4. The molecule has 1 saturated heterocycles. The average Bonchev–Trinajstić information content (AvgIpc) is 2.60. The SMILES string of the molecule is Cc1cc(Oc2ccc(C(=O)NC3CCOCC3)nn2)ccc1F. The van der Waals surface area contributed by atoms with Gasteiger partial charge in [0.05, 0.1) is 0 Å². The number of halogens is 1. The maximum Gasteiger partial charge on any atom is 0.272 e. The number of aromatic nitrogens is 2. The van der Waals surface area contributed by atoms with Crippen molar-refractivity contribution in [1.29, 1.82) is 0 Å². The van der Waals surface area contributed by atoms with Crippen LogP contribution in [0.5, 0.6) is 11.6 Å². The molecule has 0 bridgehead atoms. The largest absolute Gasteiger partial charge is 0.438 e. The molecular weight excluding hydrogens is 313 g/mol. The van der Waals surface area contributed by atoms with Gasteiger partial charge < -0.3 is 14.8 Å². The third-order valence-electron chi connectivity index (χ3n) is 3.78. The van der Waals surface area contributed by atoms with Crippen LogP contribution in [0.15, 0.2) is 30.3 Å². The lowest BCUT2D eigenvalue weighted by atomic mass is 10.1. The Labute approximate surface area is 139 Å². The quantitative estimate of drug-likeness (QED) is 0.932. The van der Waals surface area contributed by atoms with Crippen LogP contribution in [0.1, 0.15) is 28.9 Å². The molecular formula is C17H18FN3O3. The number of amides is 1. The maximum atomic E-state index is 13.2. The fourth-order valence-electron chi connectivity index (χ4n) is 2.40. The lowest BCUT2D eigenvalue weighted by Crippen LogP contribution is -2.39. The molecule has 1 aliphatic heterocycles. The summed E-state index contributed by atoms with van der Waals surface area (Å²) in [6.45, 7) is 2.96. The van der Waals surface area contributed by atoms with Crippen LogP contribution in [0.2, 0.25) is 0 Å². The number of hydrogen-bond donors (Lipinski definition) is 1. The van der Waals surface area contributed by atoms with Gasteiger partial charge in [-0.1, -0.05) is 0 Å². The molecule has 0 saturated carbocycles. The first-order chi connectivity index (χ1) is 11.6. The number of nitrogens with zero attached hydrogens (tertiary/aromatic N) is 2. The number of benzene rings is 1. The van der Waals surface area contributed by atoms with Crippen LogP contribution in [0.25, 0.3) is 0 Å². The number of carbonyl (C=O) groups excluding carboxylic acids is 1. The highest BCUT2D eigenvalue weighted by Crippen LogP contribution is 2.21. The number of carbonyl (C=O) groups is 1. The van der Waals surface area contributed by atoms with Gasteiger partial charge in [0.25, 0.3) is 5.91 Å². The van der Waals surface area contributed by atoms with E-state index in [1.165, 1.54) is 12.1 Å². The lowest BCUT2D eigenvalue weighted by molar-refractivity contribution is 0.0693. The van der Waals surface area contributed by atoms with E-state index in [0.717, 1.165) is 12.8 Å². The van der Waals surface area contributed by atoms with Crippen LogP contribution in [0.3, 0.4) is 0 Å². The Balaban J connectivity index is 1.61. The van der Waals surface area contributed by atoms with Crippen molar-refractivity contribution < 1.29 is 18.7 Å². The van der Waals surface area contributed by atoms with E-state index in [2.05, 4.69) is 15.5 Å². The van der Waals surface area contributed by atoms with Crippen molar-refractivity contribution in [3.63, 3.8) is 0 Å². The summed E-state index contributed by atoms with van der Waals surface area (Å²) in [4.78, 5) is 12.1. The van der Waals surface area contributed by atoms with E-state index in [0.29, 0.717) is 24.5 Å². The van der Waals surface area contributed by atoms with Gasteiger partial charge in [-0.25, -0.2) is 4.39 Å². The van der Waals surface area contributed by atoms with Crippen molar-refractivity contribution in [3.8, 4) is 11.6 Å². The monoisotopic (exact) mass is 331 g/mol. The van der Waals surface area contributed by atoms with Crippen molar-refractivity contribution in [2.75, 3.05) is 13.2 Å². The summed E-state index contributed by atoms with van der Waals surface area (Å²) in [5, 5.41) is 10.7. The van der Waals surface area contributed by atoms with E-state index in [9.17, 15) is 9.18 Å². The molecule has 0 spiro atoms. The molecule has 24 heavy (non-hydrogen) atoms. The number of nitrogens with one attached hydrogen (secondary N) is 1. The predicted octanol–water partition coefficient (Wildman–Crippen LogP) is 2.63. The summed E-state index contributed by atoms with van der Waals surface area (Å²) < 4.78 is 24.0. The topological polar surface area (TPSA) is 73.3 Å². The summed E-state index contributed by atoms with van der Waals surface area (Å²) in [6.07, 6.45) is 1.59. The third-order valence-corrected chi connectivity index (χ3v) is 3.78. The van der Waals surface area contributed by atoms with Gasteiger partial charge in [0.15, 0.2) is 5.69 Å². The average molecular weight is 331 g/mol. The molecule has 0 atom stereocenters. The molecule has 1 amide bonds. The molecule has 1 aromatic carbocycles. The first-order valence-electron chi connectivity index (χ1n) is 7.78. The Morgan fingerprint density at radius 2 is 2.04 bits per heavy atom. The van der Waals surface area contributed by atoms with E-state index >= 15 is 0 Å². The van der Waals surface area contributed by atoms with Crippen LogP contribution < -0.4 is 10.1 Å². The third kappa shape index (κ3) is 4.05. The molecule has 2 aromatic rings. The van der Waals surface area contributed by atoms with Gasteiger partial charge in [0, 0.05) is 25.3 Å². The molecule has 1 N–H and O–H groups in total. The van der Waals surface area contributed by atoms with Gasteiger partial charge in [-0.05, 0) is 49.6 Å². The molecule has 0 radical (unpaired) electrons. The molecule has 1 aliphatic rings. The normalized spacial score (nSPS) is 15.1. The molecule has 126 valence electrons. The molecule has 1 fully saturated rings. The van der Waals surface area contributed by atoms with Crippen LogP contribution in [0, 0.1) is 12.7 Å². The van der Waals surface area contributed by atoms with Gasteiger partial charge in [-0.15, -0.1) is 10.2 Å².